The third kappa shape index (κ3) is 3.32. The van der Waals surface area contributed by atoms with Gasteiger partial charge in [-0.2, -0.15) is 0 Å². The van der Waals surface area contributed by atoms with Crippen LogP contribution < -0.4 is 0 Å². The summed E-state index contributed by atoms with van der Waals surface area (Å²) in [6, 6.07) is 4.24. The van der Waals surface area contributed by atoms with Gasteiger partial charge in [0.05, 0.1) is 0 Å². The average Bonchev–Trinajstić information content (AvgIpc) is 2.33. The highest BCUT2D eigenvalue weighted by Crippen LogP contribution is 2.30. The lowest BCUT2D eigenvalue weighted by atomic mass is 9.80. The van der Waals surface area contributed by atoms with Crippen LogP contribution in [-0.4, -0.2) is 5.78 Å². The number of rotatable bonds is 3. The first-order valence-corrected chi connectivity index (χ1v) is 6.90. The standard InChI is InChI=1S/C15H18ClFO/c1-10-2-4-11(5-3-10)15(18)8-12-6-7-13(17)9-14(12)16/h6-7,9-11H,2-5,8H2,1H3. The van der Waals surface area contributed by atoms with E-state index < -0.39 is 0 Å². The minimum atomic E-state index is -0.359. The topological polar surface area (TPSA) is 17.1 Å². The van der Waals surface area contributed by atoms with Gasteiger partial charge in [0.1, 0.15) is 11.6 Å². The molecular weight excluding hydrogens is 251 g/mol. The highest BCUT2D eigenvalue weighted by atomic mass is 35.5. The molecule has 1 fully saturated rings. The molecule has 0 spiro atoms. The van der Waals surface area contributed by atoms with Crippen molar-refractivity contribution in [2.45, 2.75) is 39.0 Å². The summed E-state index contributed by atoms with van der Waals surface area (Å²) >= 11 is 5.94. The van der Waals surface area contributed by atoms with E-state index in [9.17, 15) is 9.18 Å². The summed E-state index contributed by atoms with van der Waals surface area (Å²) in [6.07, 6.45) is 4.57. The number of carbonyl (C=O) groups is 1. The molecule has 3 heteroatoms. The lowest BCUT2D eigenvalue weighted by Gasteiger charge is -2.25. The van der Waals surface area contributed by atoms with Crippen LogP contribution in [-0.2, 0) is 11.2 Å². The molecule has 0 aliphatic heterocycles. The molecule has 98 valence electrons. The second-order valence-corrected chi connectivity index (χ2v) is 5.74. The maximum absolute atomic E-state index is 12.9. The number of Topliss-reactive ketones (excluding diaryl/α,β-unsaturated/α-hetero) is 1. The number of carbonyl (C=O) groups excluding carboxylic acids is 1. The van der Waals surface area contributed by atoms with Crippen molar-refractivity contribution < 1.29 is 9.18 Å². The van der Waals surface area contributed by atoms with E-state index in [1.807, 2.05) is 0 Å². The lowest BCUT2D eigenvalue weighted by molar-refractivity contribution is -0.123. The monoisotopic (exact) mass is 268 g/mol. The number of halogens is 2. The molecule has 0 saturated heterocycles. The van der Waals surface area contributed by atoms with Gasteiger partial charge in [0.15, 0.2) is 0 Å². The van der Waals surface area contributed by atoms with Gasteiger partial charge in [-0.15, -0.1) is 0 Å². The van der Waals surface area contributed by atoms with E-state index in [-0.39, 0.29) is 17.5 Å². The summed E-state index contributed by atoms with van der Waals surface area (Å²) in [5, 5.41) is 0.354. The molecule has 0 unspecified atom stereocenters. The van der Waals surface area contributed by atoms with Gasteiger partial charge >= 0.3 is 0 Å². The zero-order chi connectivity index (χ0) is 13.1. The Morgan fingerprint density at radius 3 is 2.61 bits per heavy atom. The van der Waals surface area contributed by atoms with Crippen LogP contribution in [0, 0.1) is 17.7 Å². The van der Waals surface area contributed by atoms with Gasteiger partial charge in [0.25, 0.3) is 0 Å². The van der Waals surface area contributed by atoms with Crippen molar-refractivity contribution >= 4 is 17.4 Å². The molecule has 1 nitrogen and oxygen atoms in total. The lowest BCUT2D eigenvalue weighted by Crippen LogP contribution is -2.22. The maximum atomic E-state index is 12.9. The third-order valence-corrected chi connectivity index (χ3v) is 4.20. The van der Waals surface area contributed by atoms with E-state index in [1.165, 1.54) is 12.1 Å². The fourth-order valence-corrected chi connectivity index (χ4v) is 2.81. The number of benzene rings is 1. The van der Waals surface area contributed by atoms with Crippen molar-refractivity contribution in [3.05, 3.63) is 34.6 Å². The van der Waals surface area contributed by atoms with E-state index in [1.54, 1.807) is 6.07 Å². The fourth-order valence-electron chi connectivity index (χ4n) is 2.58. The van der Waals surface area contributed by atoms with Crippen LogP contribution in [0.15, 0.2) is 18.2 Å². The summed E-state index contributed by atoms with van der Waals surface area (Å²) in [5.74, 6) is 0.795. The van der Waals surface area contributed by atoms with E-state index in [4.69, 9.17) is 11.6 Å². The molecule has 1 aliphatic rings. The Kier molecular flexibility index (Phi) is 4.39. The second-order valence-electron chi connectivity index (χ2n) is 5.34. The van der Waals surface area contributed by atoms with Crippen LogP contribution in [0.5, 0.6) is 0 Å². The first-order chi connectivity index (χ1) is 8.56. The Bertz CT molecular complexity index is 436. The first kappa shape index (κ1) is 13.5. The number of hydrogen-bond acceptors (Lipinski definition) is 1. The molecule has 0 aromatic heterocycles. The SMILES string of the molecule is CC1CCC(C(=O)Cc2ccc(F)cc2Cl)CC1. The van der Waals surface area contributed by atoms with Crippen LogP contribution in [0.3, 0.4) is 0 Å². The van der Waals surface area contributed by atoms with Crippen molar-refractivity contribution in [3.8, 4) is 0 Å². The molecule has 0 bridgehead atoms. The van der Waals surface area contributed by atoms with Gasteiger partial charge in [-0.1, -0.05) is 37.4 Å². The normalized spacial score (nSPS) is 23.9. The van der Waals surface area contributed by atoms with Crippen molar-refractivity contribution in [1.82, 2.24) is 0 Å². The Labute approximate surface area is 112 Å². The molecule has 1 aromatic rings. The van der Waals surface area contributed by atoms with Gasteiger partial charge in [0, 0.05) is 17.4 Å². The highest BCUT2D eigenvalue weighted by Gasteiger charge is 2.24. The van der Waals surface area contributed by atoms with E-state index in [2.05, 4.69) is 6.92 Å². The van der Waals surface area contributed by atoms with Gasteiger partial charge < -0.3 is 0 Å². The number of ketones is 1. The van der Waals surface area contributed by atoms with Crippen LogP contribution in [0.25, 0.3) is 0 Å². The van der Waals surface area contributed by atoms with Gasteiger partial charge in [0.2, 0.25) is 0 Å². The predicted molar refractivity (Wildman–Crippen MR) is 71.2 cm³/mol. The molecule has 2 rings (SSSR count). The summed E-state index contributed by atoms with van der Waals surface area (Å²) in [5.41, 5.74) is 0.738. The van der Waals surface area contributed by atoms with Crippen LogP contribution in [0.4, 0.5) is 4.39 Å². The molecule has 0 heterocycles. The minimum absolute atomic E-state index is 0.169. The molecule has 18 heavy (non-hydrogen) atoms. The summed E-state index contributed by atoms with van der Waals surface area (Å²) in [7, 11) is 0. The molecule has 0 radical (unpaired) electrons. The third-order valence-electron chi connectivity index (χ3n) is 3.85. The molecule has 0 atom stereocenters. The largest absolute Gasteiger partial charge is 0.299 e. The molecule has 0 amide bonds. The van der Waals surface area contributed by atoms with Crippen LogP contribution >= 0.6 is 11.6 Å². The van der Waals surface area contributed by atoms with Crippen LogP contribution in [0.2, 0.25) is 5.02 Å². The Morgan fingerprint density at radius 1 is 1.33 bits per heavy atom. The maximum Gasteiger partial charge on any atom is 0.140 e. The van der Waals surface area contributed by atoms with Gasteiger partial charge in [-0.05, 0) is 36.5 Å². The summed E-state index contributed by atoms with van der Waals surface area (Å²) in [6.45, 7) is 2.23. The zero-order valence-corrected chi connectivity index (χ0v) is 11.3. The van der Waals surface area contributed by atoms with E-state index in [0.29, 0.717) is 11.4 Å². The molecule has 1 aliphatic carbocycles. The highest BCUT2D eigenvalue weighted by molar-refractivity contribution is 6.31. The second kappa shape index (κ2) is 5.83. The Hall–Kier alpha value is -0.890. The van der Waals surface area contributed by atoms with Crippen molar-refractivity contribution in [2.75, 3.05) is 0 Å². The van der Waals surface area contributed by atoms with E-state index in [0.717, 1.165) is 37.2 Å². The minimum Gasteiger partial charge on any atom is -0.299 e. The zero-order valence-electron chi connectivity index (χ0n) is 10.6. The molecule has 1 aromatic carbocycles. The Balaban J connectivity index is 1.98. The van der Waals surface area contributed by atoms with Crippen LogP contribution in [0.1, 0.15) is 38.2 Å². The van der Waals surface area contributed by atoms with Crippen molar-refractivity contribution in [1.29, 1.82) is 0 Å². The number of hydrogen-bond donors (Lipinski definition) is 0. The first-order valence-electron chi connectivity index (χ1n) is 6.53. The summed E-state index contributed by atoms with van der Waals surface area (Å²) in [4.78, 5) is 12.2. The van der Waals surface area contributed by atoms with Crippen molar-refractivity contribution in [3.63, 3.8) is 0 Å². The molecular formula is C15H18ClFO. The quantitative estimate of drug-likeness (QED) is 0.793. The Morgan fingerprint density at radius 2 is 2.00 bits per heavy atom. The molecule has 0 N–H and O–H groups in total. The predicted octanol–water partition coefficient (Wildman–Crippen LogP) is 4.42. The summed E-state index contributed by atoms with van der Waals surface area (Å²) < 4.78 is 12.9. The molecule has 1 saturated carbocycles. The smallest absolute Gasteiger partial charge is 0.140 e. The fraction of sp³-hybridized carbons (Fsp3) is 0.533. The van der Waals surface area contributed by atoms with Gasteiger partial charge in [-0.25, -0.2) is 4.39 Å². The van der Waals surface area contributed by atoms with E-state index >= 15 is 0 Å². The van der Waals surface area contributed by atoms with Crippen molar-refractivity contribution in [2.24, 2.45) is 11.8 Å². The average molecular weight is 269 g/mol. The van der Waals surface area contributed by atoms with Gasteiger partial charge in [-0.3, -0.25) is 4.79 Å².